The minimum Gasteiger partial charge on any atom is -0.332 e. The number of fused-ring (bicyclic) bond motifs is 1. The third-order valence-corrected chi connectivity index (χ3v) is 8.72. The number of pyridine rings is 1. The Morgan fingerprint density at radius 3 is 2.62 bits per heavy atom. The number of nitrogens with one attached hydrogen (secondary N) is 1. The lowest BCUT2D eigenvalue weighted by molar-refractivity contribution is -0.136. The van der Waals surface area contributed by atoms with Crippen LogP contribution < -0.4 is 5.32 Å². The molecule has 0 saturated carbocycles. The number of hydrogen-bond acceptors (Lipinski definition) is 5. The van der Waals surface area contributed by atoms with Crippen molar-refractivity contribution >= 4 is 58.3 Å². The Morgan fingerprint density at radius 1 is 1.16 bits per heavy atom. The maximum Gasteiger partial charge on any atom is 0.248 e. The summed E-state index contributed by atoms with van der Waals surface area (Å²) in [5.74, 6) is -0.140. The van der Waals surface area contributed by atoms with Gasteiger partial charge in [0.05, 0.1) is 13.6 Å². The Morgan fingerprint density at radius 2 is 1.91 bits per heavy atom. The van der Waals surface area contributed by atoms with Gasteiger partial charge in [-0.2, -0.15) is 5.10 Å². The minimum atomic E-state index is -1.77. The lowest BCUT2D eigenvalue weighted by atomic mass is 10.2. The maximum absolute atomic E-state index is 13.3. The van der Waals surface area contributed by atoms with Crippen LogP contribution in [0.4, 0.5) is 5.82 Å². The van der Waals surface area contributed by atoms with E-state index >= 15 is 0 Å². The first-order valence-electron chi connectivity index (χ1n) is 10.3. The van der Waals surface area contributed by atoms with Gasteiger partial charge in [-0.15, -0.1) is 0 Å². The Labute approximate surface area is 195 Å². The van der Waals surface area contributed by atoms with Crippen molar-refractivity contribution in [2.45, 2.75) is 38.6 Å². The first kappa shape index (κ1) is 22.3. The highest BCUT2D eigenvalue weighted by Gasteiger charge is 2.45. The molecule has 32 heavy (non-hydrogen) atoms. The van der Waals surface area contributed by atoms with Crippen molar-refractivity contribution in [3.05, 3.63) is 52.8 Å². The second-order valence-corrected chi connectivity index (χ2v) is 14.7. The van der Waals surface area contributed by atoms with Crippen molar-refractivity contribution in [1.82, 2.24) is 19.7 Å². The van der Waals surface area contributed by atoms with Crippen LogP contribution in [0.15, 0.2) is 47.1 Å². The van der Waals surface area contributed by atoms with Crippen molar-refractivity contribution in [2.75, 3.05) is 11.5 Å². The molecule has 1 unspecified atom stereocenters. The summed E-state index contributed by atoms with van der Waals surface area (Å²) >= 11 is 3.30. The zero-order valence-corrected chi connectivity index (χ0v) is 20.7. The molecule has 166 valence electrons. The predicted octanol–water partition coefficient (Wildman–Crippen LogP) is 3.49. The van der Waals surface area contributed by atoms with Crippen LogP contribution in [0.1, 0.15) is 17.4 Å². The Hall–Kier alpha value is -2.85. The van der Waals surface area contributed by atoms with Gasteiger partial charge in [-0.1, -0.05) is 37.4 Å². The molecule has 1 aliphatic heterocycles. The van der Waals surface area contributed by atoms with Crippen LogP contribution in [0.2, 0.25) is 19.1 Å². The molecule has 0 bridgehead atoms. The summed E-state index contributed by atoms with van der Waals surface area (Å²) in [5.41, 5.74) is 1.07. The van der Waals surface area contributed by atoms with Gasteiger partial charge in [0.25, 0.3) is 0 Å². The molecule has 4 rings (SSSR count). The summed E-state index contributed by atoms with van der Waals surface area (Å²) in [6.45, 7) is 5.78. The van der Waals surface area contributed by atoms with Crippen LogP contribution in [0, 0.1) is 0 Å². The lowest BCUT2D eigenvalue weighted by Gasteiger charge is -2.24. The van der Waals surface area contributed by atoms with Crippen LogP contribution in [0.5, 0.6) is 0 Å². The number of amides is 2. The monoisotopic (exact) mass is 513 g/mol. The van der Waals surface area contributed by atoms with E-state index in [9.17, 15) is 14.4 Å². The third kappa shape index (κ3) is 4.51. The van der Waals surface area contributed by atoms with E-state index in [4.69, 9.17) is 0 Å². The van der Waals surface area contributed by atoms with Crippen molar-refractivity contribution in [2.24, 2.45) is 0 Å². The van der Waals surface area contributed by atoms with E-state index < -0.39 is 14.1 Å². The van der Waals surface area contributed by atoms with Gasteiger partial charge in [0, 0.05) is 18.5 Å². The fourth-order valence-corrected chi connectivity index (χ4v) is 7.42. The standard InChI is InChI=1S/C22H24BrN5O3Si/c1-14(29)21-15-7-4-5-8-16(15)28(26-21)11-20(30)27-13-32(2,3)12-17(27)22(31)25-19-10-6-9-18(23)24-19/h4-10,17H,11-13H2,1-3H3,(H,24,25,31). The first-order valence-corrected chi connectivity index (χ1v) is 14.5. The molecule has 1 aliphatic rings. The van der Waals surface area contributed by atoms with Crippen LogP contribution in [0.3, 0.4) is 0 Å². The molecule has 1 N–H and O–H groups in total. The number of anilines is 1. The van der Waals surface area contributed by atoms with Crippen LogP contribution >= 0.6 is 15.9 Å². The van der Waals surface area contributed by atoms with E-state index in [0.717, 1.165) is 10.9 Å². The SMILES string of the molecule is CC(=O)c1nn(CC(=O)N2C[Si](C)(C)CC2C(=O)Nc2cccc(Br)n2)c2ccccc12. The van der Waals surface area contributed by atoms with Gasteiger partial charge in [0.15, 0.2) is 5.78 Å². The number of carbonyl (C=O) groups excluding carboxylic acids is 3. The quantitative estimate of drug-likeness (QED) is 0.320. The zero-order chi connectivity index (χ0) is 23.0. The number of aromatic nitrogens is 3. The van der Waals surface area contributed by atoms with Gasteiger partial charge < -0.3 is 10.2 Å². The highest BCUT2D eigenvalue weighted by atomic mass is 79.9. The van der Waals surface area contributed by atoms with Gasteiger partial charge >= 0.3 is 0 Å². The van der Waals surface area contributed by atoms with Crippen LogP contribution in [0.25, 0.3) is 10.9 Å². The summed E-state index contributed by atoms with van der Waals surface area (Å²) in [6, 6.07) is 12.8. The molecule has 2 aromatic heterocycles. The van der Waals surface area contributed by atoms with Gasteiger partial charge in [-0.3, -0.25) is 19.1 Å². The highest BCUT2D eigenvalue weighted by Crippen LogP contribution is 2.28. The average Bonchev–Trinajstić information content (AvgIpc) is 3.26. The lowest BCUT2D eigenvalue weighted by Crippen LogP contribution is -2.45. The molecule has 3 aromatic rings. The predicted molar refractivity (Wildman–Crippen MR) is 128 cm³/mol. The number of rotatable bonds is 5. The molecule has 0 aliphatic carbocycles. The fourth-order valence-electron chi connectivity index (χ4n) is 4.18. The second-order valence-electron chi connectivity index (χ2n) is 8.82. The van der Waals surface area contributed by atoms with Gasteiger partial charge in [0.1, 0.15) is 28.7 Å². The molecule has 0 radical (unpaired) electrons. The largest absolute Gasteiger partial charge is 0.332 e. The van der Waals surface area contributed by atoms with Crippen LogP contribution in [-0.2, 0) is 16.1 Å². The maximum atomic E-state index is 13.3. The van der Waals surface area contributed by atoms with E-state index in [0.29, 0.717) is 28.3 Å². The smallest absolute Gasteiger partial charge is 0.248 e. The first-order chi connectivity index (χ1) is 15.1. The van der Waals surface area contributed by atoms with Gasteiger partial charge in [-0.25, -0.2) is 4.98 Å². The van der Waals surface area contributed by atoms with E-state index in [1.54, 1.807) is 27.8 Å². The third-order valence-electron chi connectivity index (χ3n) is 5.59. The molecule has 2 amide bonds. The number of para-hydroxylation sites is 1. The number of carbonyl (C=O) groups is 3. The van der Waals surface area contributed by atoms with E-state index in [1.807, 2.05) is 24.3 Å². The summed E-state index contributed by atoms with van der Waals surface area (Å²) in [4.78, 5) is 44.4. The number of nitrogens with zero attached hydrogens (tertiary/aromatic N) is 4. The summed E-state index contributed by atoms with van der Waals surface area (Å²) in [6.07, 6.45) is 0.592. The minimum absolute atomic E-state index is 0.0306. The Balaban J connectivity index is 1.58. The number of benzene rings is 1. The van der Waals surface area contributed by atoms with E-state index in [1.165, 1.54) is 6.92 Å². The molecule has 0 spiro atoms. The Kier molecular flexibility index (Phi) is 6.00. The molecule has 1 saturated heterocycles. The van der Waals surface area contributed by atoms with Crippen LogP contribution in [-0.4, -0.2) is 57.5 Å². The summed E-state index contributed by atoms with van der Waals surface area (Å²) in [5, 5.41) is 7.96. The number of Topliss-reactive ketones (excluding diaryl/α,β-unsaturated/α-hetero) is 1. The van der Waals surface area contributed by atoms with E-state index in [-0.39, 0.29) is 24.1 Å². The summed E-state index contributed by atoms with van der Waals surface area (Å²) in [7, 11) is -1.77. The molecule has 8 nitrogen and oxygen atoms in total. The van der Waals surface area contributed by atoms with Gasteiger partial charge in [-0.05, 0) is 40.2 Å². The molecule has 1 atom stereocenters. The van der Waals surface area contributed by atoms with E-state index in [2.05, 4.69) is 44.4 Å². The summed E-state index contributed by atoms with van der Waals surface area (Å²) < 4.78 is 2.18. The van der Waals surface area contributed by atoms with Crippen molar-refractivity contribution in [1.29, 1.82) is 0 Å². The van der Waals surface area contributed by atoms with Crippen molar-refractivity contribution in [3.8, 4) is 0 Å². The molecule has 10 heteroatoms. The molecule has 3 heterocycles. The second kappa shape index (κ2) is 8.59. The topological polar surface area (TPSA) is 97.2 Å². The van der Waals surface area contributed by atoms with Crippen molar-refractivity contribution < 1.29 is 14.4 Å². The zero-order valence-electron chi connectivity index (χ0n) is 18.1. The molecule has 1 aromatic carbocycles. The molecule has 1 fully saturated rings. The normalized spacial score (nSPS) is 17.5. The van der Waals surface area contributed by atoms with Gasteiger partial charge in [0.2, 0.25) is 11.8 Å². The number of hydrogen-bond donors (Lipinski definition) is 1. The fraction of sp³-hybridized carbons (Fsp3) is 0.318. The molecular weight excluding hydrogens is 490 g/mol. The molecular formula is C22H24BrN5O3Si. The average molecular weight is 514 g/mol. The highest BCUT2D eigenvalue weighted by molar-refractivity contribution is 9.10. The Bertz CT molecular complexity index is 1230. The van der Waals surface area contributed by atoms with Crippen molar-refractivity contribution in [3.63, 3.8) is 0 Å². The number of halogens is 1. The number of ketones is 1.